The van der Waals surface area contributed by atoms with Crippen LogP contribution in [0.3, 0.4) is 0 Å². The van der Waals surface area contributed by atoms with Crippen LogP contribution in [0.1, 0.15) is 11.7 Å². The topological polar surface area (TPSA) is 38.8 Å². The quantitative estimate of drug-likeness (QED) is 0.530. The highest BCUT2D eigenvalue weighted by molar-refractivity contribution is 5.78. The summed E-state index contributed by atoms with van der Waals surface area (Å²) >= 11 is 0. The second-order valence-corrected chi connectivity index (χ2v) is 3.02. The van der Waals surface area contributed by atoms with E-state index in [2.05, 4.69) is 4.74 Å². The van der Waals surface area contributed by atoms with Gasteiger partial charge in [-0.05, 0) is 6.07 Å². The fourth-order valence-electron chi connectivity index (χ4n) is 1.35. The third kappa shape index (κ3) is 1.48. The number of hydrogen-bond donors (Lipinski definition) is 0. The molecule has 1 aromatic carbocycles. The first-order chi connectivity index (χ1) is 6.74. The third-order valence-corrected chi connectivity index (χ3v) is 2.14. The first kappa shape index (κ1) is 9.15. The molecule has 1 aromatic rings. The van der Waals surface area contributed by atoms with Crippen LogP contribution in [0.4, 0.5) is 4.39 Å². The third-order valence-electron chi connectivity index (χ3n) is 2.14. The number of hydrogen-bond acceptors (Lipinski definition) is 3. The second-order valence-electron chi connectivity index (χ2n) is 3.02. The Kier molecular flexibility index (Phi) is 2.21. The maximum atomic E-state index is 13.2. The van der Waals surface area contributed by atoms with E-state index in [1.165, 1.54) is 13.2 Å². The largest absolute Gasteiger partial charge is 0.467 e. The van der Waals surface area contributed by atoms with Gasteiger partial charge in [-0.25, -0.2) is 9.18 Å². The van der Waals surface area contributed by atoms with Crippen LogP contribution >= 0.6 is 0 Å². The smallest absolute Gasteiger partial charge is 0.338 e. The molecule has 0 bridgehead atoms. The molecule has 1 aliphatic heterocycles. The Morgan fingerprint density at radius 3 is 2.86 bits per heavy atom. The number of carbonyl (C=O) groups is 1. The van der Waals surface area contributed by atoms with Gasteiger partial charge in [0.2, 0.25) is 0 Å². The van der Waals surface area contributed by atoms with E-state index in [4.69, 9.17) is 4.74 Å². The molecule has 0 radical (unpaired) electrons. The minimum absolute atomic E-state index is 0.357. The molecule has 14 heavy (non-hydrogen) atoms. The number of halogens is 1. The molecule has 0 aliphatic carbocycles. The standard InChI is InChI=1S/C10H9FO3/c1-13-10(12)9-8(14-9)6-4-2-3-5-7(6)11/h2-5,8-9H,1H3/t8-,9+/m0/s1. The maximum Gasteiger partial charge on any atom is 0.338 e. The van der Waals surface area contributed by atoms with Gasteiger partial charge in [0.25, 0.3) is 0 Å². The predicted molar refractivity (Wildman–Crippen MR) is 46.0 cm³/mol. The van der Waals surface area contributed by atoms with Crippen LogP contribution in [0.25, 0.3) is 0 Å². The lowest BCUT2D eigenvalue weighted by Crippen LogP contribution is -2.09. The minimum atomic E-state index is -0.642. The van der Waals surface area contributed by atoms with E-state index >= 15 is 0 Å². The summed E-state index contributed by atoms with van der Waals surface area (Å²) in [4.78, 5) is 11.0. The van der Waals surface area contributed by atoms with Crippen LogP contribution in [-0.4, -0.2) is 19.2 Å². The van der Waals surface area contributed by atoms with Gasteiger partial charge in [0.1, 0.15) is 11.9 Å². The van der Waals surface area contributed by atoms with E-state index in [1.807, 2.05) is 0 Å². The number of esters is 1. The van der Waals surface area contributed by atoms with E-state index in [0.29, 0.717) is 5.56 Å². The minimum Gasteiger partial charge on any atom is -0.467 e. The van der Waals surface area contributed by atoms with Crippen LogP contribution in [0.15, 0.2) is 24.3 Å². The molecule has 0 N–H and O–H groups in total. The molecule has 0 aromatic heterocycles. The van der Waals surface area contributed by atoms with Gasteiger partial charge < -0.3 is 9.47 Å². The first-order valence-electron chi connectivity index (χ1n) is 4.21. The van der Waals surface area contributed by atoms with E-state index in [0.717, 1.165) is 0 Å². The Hall–Kier alpha value is -1.42. The molecule has 1 saturated heterocycles. The number of ether oxygens (including phenoxy) is 2. The molecule has 2 atom stereocenters. The fraction of sp³-hybridized carbons (Fsp3) is 0.300. The summed E-state index contributed by atoms with van der Waals surface area (Å²) in [6.07, 6.45) is -1.12. The molecule has 3 nitrogen and oxygen atoms in total. The Bertz CT molecular complexity index is 364. The molecule has 0 saturated carbocycles. The van der Waals surface area contributed by atoms with Crippen LogP contribution in [0.2, 0.25) is 0 Å². The average Bonchev–Trinajstić information content (AvgIpc) is 2.97. The summed E-state index contributed by atoms with van der Waals surface area (Å²) in [6, 6.07) is 6.23. The highest BCUT2D eigenvalue weighted by Gasteiger charge is 2.48. The van der Waals surface area contributed by atoms with Crippen molar-refractivity contribution in [3.05, 3.63) is 35.6 Å². The van der Waals surface area contributed by atoms with Crippen molar-refractivity contribution < 1.29 is 18.7 Å². The molecular weight excluding hydrogens is 187 g/mol. The molecular formula is C10H9FO3. The van der Waals surface area contributed by atoms with Gasteiger partial charge >= 0.3 is 5.97 Å². The van der Waals surface area contributed by atoms with Crippen molar-refractivity contribution in [1.82, 2.24) is 0 Å². The highest BCUT2D eigenvalue weighted by atomic mass is 19.1. The predicted octanol–water partition coefficient (Wildman–Crippen LogP) is 1.44. The maximum absolute atomic E-state index is 13.2. The molecule has 1 heterocycles. The zero-order valence-electron chi connectivity index (χ0n) is 7.57. The van der Waals surface area contributed by atoms with Crippen molar-refractivity contribution in [2.45, 2.75) is 12.2 Å². The fourth-order valence-corrected chi connectivity index (χ4v) is 1.35. The van der Waals surface area contributed by atoms with Crippen molar-refractivity contribution in [2.75, 3.05) is 7.11 Å². The monoisotopic (exact) mass is 196 g/mol. The zero-order valence-corrected chi connectivity index (χ0v) is 7.57. The second kappa shape index (κ2) is 3.38. The van der Waals surface area contributed by atoms with Crippen LogP contribution in [0.5, 0.6) is 0 Å². The van der Waals surface area contributed by atoms with Gasteiger partial charge in [0.15, 0.2) is 6.10 Å². The molecule has 0 amide bonds. The van der Waals surface area contributed by atoms with Gasteiger partial charge in [-0.3, -0.25) is 0 Å². The molecule has 4 heteroatoms. The molecule has 0 spiro atoms. The van der Waals surface area contributed by atoms with Crippen LogP contribution in [0, 0.1) is 5.82 Å². The number of methoxy groups -OCH3 is 1. The Balaban J connectivity index is 2.13. The first-order valence-corrected chi connectivity index (χ1v) is 4.21. The van der Waals surface area contributed by atoms with Crippen molar-refractivity contribution in [1.29, 1.82) is 0 Å². The van der Waals surface area contributed by atoms with E-state index in [1.54, 1.807) is 18.2 Å². The summed E-state index contributed by atoms with van der Waals surface area (Å²) in [5.74, 6) is -0.817. The summed E-state index contributed by atoms with van der Waals surface area (Å²) < 4.78 is 22.7. The van der Waals surface area contributed by atoms with Gasteiger partial charge in [-0.2, -0.15) is 0 Å². The van der Waals surface area contributed by atoms with Crippen LogP contribution in [-0.2, 0) is 14.3 Å². The normalized spacial score (nSPS) is 24.4. The van der Waals surface area contributed by atoms with Crippen LogP contribution < -0.4 is 0 Å². The van der Waals surface area contributed by atoms with Crippen molar-refractivity contribution >= 4 is 5.97 Å². The Labute approximate surface area is 80.4 Å². The van der Waals surface area contributed by atoms with Gasteiger partial charge in [-0.15, -0.1) is 0 Å². The molecule has 1 fully saturated rings. The molecule has 0 unspecified atom stereocenters. The summed E-state index contributed by atoms with van der Waals surface area (Å²) in [5.41, 5.74) is 0.405. The SMILES string of the molecule is COC(=O)[C@@H]1O[C@H]1c1ccccc1F. The lowest BCUT2D eigenvalue weighted by atomic mass is 10.1. The molecule has 1 aliphatic rings. The summed E-state index contributed by atoms with van der Waals surface area (Å²) in [5, 5.41) is 0. The average molecular weight is 196 g/mol. The number of epoxide rings is 1. The number of carbonyl (C=O) groups excluding carboxylic acids is 1. The van der Waals surface area contributed by atoms with Gasteiger partial charge in [-0.1, -0.05) is 18.2 Å². The number of benzene rings is 1. The zero-order chi connectivity index (χ0) is 10.1. The summed E-state index contributed by atoms with van der Waals surface area (Å²) in [6.45, 7) is 0. The Morgan fingerprint density at radius 1 is 1.50 bits per heavy atom. The Morgan fingerprint density at radius 2 is 2.21 bits per heavy atom. The lowest BCUT2D eigenvalue weighted by molar-refractivity contribution is -0.142. The lowest BCUT2D eigenvalue weighted by Gasteiger charge is -1.97. The molecule has 74 valence electrons. The van der Waals surface area contributed by atoms with Gasteiger partial charge in [0, 0.05) is 5.56 Å². The van der Waals surface area contributed by atoms with Crippen molar-refractivity contribution in [3.63, 3.8) is 0 Å². The van der Waals surface area contributed by atoms with E-state index in [9.17, 15) is 9.18 Å². The van der Waals surface area contributed by atoms with Crippen molar-refractivity contribution in [3.8, 4) is 0 Å². The van der Waals surface area contributed by atoms with E-state index in [-0.39, 0.29) is 5.82 Å². The van der Waals surface area contributed by atoms with Gasteiger partial charge in [0.05, 0.1) is 7.11 Å². The highest BCUT2D eigenvalue weighted by Crippen LogP contribution is 2.40. The van der Waals surface area contributed by atoms with Crippen molar-refractivity contribution in [2.24, 2.45) is 0 Å². The summed E-state index contributed by atoms with van der Waals surface area (Å²) in [7, 11) is 1.28. The number of rotatable bonds is 2. The van der Waals surface area contributed by atoms with E-state index < -0.39 is 18.2 Å². The molecule has 2 rings (SSSR count).